The lowest BCUT2D eigenvalue weighted by Crippen LogP contribution is -2.05. The van der Waals surface area contributed by atoms with Crippen LogP contribution in [0.5, 0.6) is 11.5 Å². The molecule has 0 aliphatic heterocycles. The van der Waals surface area contributed by atoms with Gasteiger partial charge in [0.2, 0.25) is 0 Å². The summed E-state index contributed by atoms with van der Waals surface area (Å²) in [5.74, 6) is 0.100. The molecule has 0 bridgehead atoms. The molecular formula is C12H12O9P2. The molecule has 23 heavy (non-hydrogen) atoms. The van der Waals surface area contributed by atoms with Gasteiger partial charge in [0.1, 0.15) is 11.5 Å². The van der Waals surface area contributed by atoms with E-state index < -0.39 is 15.6 Å². The van der Waals surface area contributed by atoms with Gasteiger partial charge in [-0.2, -0.15) is 4.31 Å². The van der Waals surface area contributed by atoms with Gasteiger partial charge in [0.05, 0.1) is 0 Å². The lowest BCUT2D eigenvalue weighted by molar-refractivity contribution is -0.222. The van der Waals surface area contributed by atoms with Crippen molar-refractivity contribution in [2.45, 2.75) is 0 Å². The molecular weight excluding hydrogens is 350 g/mol. The van der Waals surface area contributed by atoms with Crippen molar-refractivity contribution in [3.8, 4) is 11.5 Å². The second kappa shape index (κ2) is 7.72. The SMILES string of the molecule is O=P(OO)(OO)OP(=O)(Oc1ccccc1)Oc1ccccc1. The maximum absolute atomic E-state index is 12.7. The highest BCUT2D eigenvalue weighted by molar-refractivity contribution is 7.62. The van der Waals surface area contributed by atoms with Gasteiger partial charge in [0, 0.05) is 0 Å². The van der Waals surface area contributed by atoms with Gasteiger partial charge in [0.15, 0.2) is 0 Å². The van der Waals surface area contributed by atoms with Gasteiger partial charge < -0.3 is 9.05 Å². The molecule has 11 heteroatoms. The lowest BCUT2D eigenvalue weighted by Gasteiger charge is -2.20. The van der Waals surface area contributed by atoms with Gasteiger partial charge in [-0.15, -0.1) is 9.35 Å². The fourth-order valence-electron chi connectivity index (χ4n) is 1.44. The van der Waals surface area contributed by atoms with Gasteiger partial charge in [-0.1, -0.05) is 36.4 Å². The van der Waals surface area contributed by atoms with Gasteiger partial charge >= 0.3 is 15.6 Å². The molecule has 0 aliphatic rings. The zero-order valence-corrected chi connectivity index (χ0v) is 13.2. The smallest absolute Gasteiger partial charge is 0.395 e. The molecule has 0 aromatic heterocycles. The first-order chi connectivity index (χ1) is 11.0. The van der Waals surface area contributed by atoms with Crippen LogP contribution in [0.15, 0.2) is 60.7 Å². The Bertz CT molecular complexity index is 653. The Morgan fingerprint density at radius 3 is 1.39 bits per heavy atom. The Labute approximate surface area is 131 Å². The second-order valence-corrected chi connectivity index (χ2v) is 7.08. The molecule has 0 unspecified atom stereocenters. The average Bonchev–Trinajstić information content (AvgIpc) is 2.56. The first-order valence-corrected chi connectivity index (χ1v) is 8.98. The van der Waals surface area contributed by atoms with Gasteiger partial charge in [-0.3, -0.25) is 0 Å². The summed E-state index contributed by atoms with van der Waals surface area (Å²) in [6.45, 7) is 0. The molecule has 0 amide bonds. The van der Waals surface area contributed by atoms with Crippen LogP contribution < -0.4 is 9.05 Å². The summed E-state index contributed by atoms with van der Waals surface area (Å²) in [6, 6.07) is 15.4. The van der Waals surface area contributed by atoms with Crippen molar-refractivity contribution >= 4 is 15.6 Å². The van der Waals surface area contributed by atoms with Crippen molar-refractivity contribution in [2.75, 3.05) is 0 Å². The van der Waals surface area contributed by atoms with Crippen LogP contribution in [-0.4, -0.2) is 10.5 Å². The number of hydrogen-bond donors (Lipinski definition) is 2. The number of para-hydroxylation sites is 2. The van der Waals surface area contributed by atoms with Crippen molar-refractivity contribution in [3.63, 3.8) is 0 Å². The third kappa shape index (κ3) is 5.16. The van der Waals surface area contributed by atoms with E-state index in [2.05, 4.69) is 13.7 Å². The minimum Gasteiger partial charge on any atom is -0.395 e. The highest BCUT2D eigenvalue weighted by Gasteiger charge is 2.44. The van der Waals surface area contributed by atoms with Crippen molar-refractivity contribution in [3.05, 3.63) is 60.7 Å². The summed E-state index contributed by atoms with van der Waals surface area (Å²) >= 11 is 0. The van der Waals surface area contributed by atoms with E-state index in [9.17, 15) is 9.13 Å². The van der Waals surface area contributed by atoms with Crippen LogP contribution in [0.3, 0.4) is 0 Å². The molecule has 0 saturated carbocycles. The van der Waals surface area contributed by atoms with Gasteiger partial charge in [-0.25, -0.2) is 19.6 Å². The maximum Gasteiger partial charge on any atom is 0.596 e. The summed E-state index contributed by atoms with van der Waals surface area (Å²) in [7, 11) is -9.63. The lowest BCUT2D eigenvalue weighted by atomic mass is 10.3. The summed E-state index contributed by atoms with van der Waals surface area (Å²) in [4.78, 5) is 0. The molecule has 0 fully saturated rings. The summed E-state index contributed by atoms with van der Waals surface area (Å²) in [5.41, 5.74) is 0. The minimum absolute atomic E-state index is 0.0502. The van der Waals surface area contributed by atoms with Crippen molar-refractivity contribution < 1.29 is 42.4 Å². The Morgan fingerprint density at radius 1 is 0.652 bits per heavy atom. The van der Waals surface area contributed by atoms with Crippen molar-refractivity contribution in [1.29, 1.82) is 0 Å². The predicted molar refractivity (Wildman–Crippen MR) is 77.9 cm³/mol. The largest absolute Gasteiger partial charge is 0.596 e. The Balaban J connectivity index is 2.30. The summed E-state index contributed by atoms with van der Waals surface area (Å²) in [5, 5.41) is 17.0. The van der Waals surface area contributed by atoms with Crippen molar-refractivity contribution in [2.24, 2.45) is 0 Å². The molecule has 0 spiro atoms. The van der Waals surface area contributed by atoms with Gasteiger partial charge in [0.25, 0.3) is 0 Å². The number of phosphoric ester groups is 1. The minimum atomic E-state index is -4.98. The van der Waals surface area contributed by atoms with E-state index in [0.29, 0.717) is 0 Å². The molecule has 2 N–H and O–H groups in total. The van der Waals surface area contributed by atoms with Crippen molar-refractivity contribution in [1.82, 2.24) is 0 Å². The standard InChI is InChI=1S/C12H12O9P2/c13-19-23(16,20-14)21-22(15,17-11-7-3-1-4-8-11)18-12-9-5-2-6-10-12/h1-10,13-14H. The monoisotopic (exact) mass is 362 g/mol. The van der Waals surface area contributed by atoms with E-state index in [-0.39, 0.29) is 11.5 Å². The average molecular weight is 362 g/mol. The molecule has 124 valence electrons. The predicted octanol–water partition coefficient (Wildman–Crippen LogP) is 4.36. The fourth-order valence-corrected chi connectivity index (χ4v) is 3.75. The molecule has 0 aliphatic carbocycles. The molecule has 0 atom stereocenters. The maximum atomic E-state index is 12.7. The van der Waals surface area contributed by atoms with Crippen LogP contribution in [0.2, 0.25) is 0 Å². The van der Waals surface area contributed by atoms with Crippen LogP contribution in [0, 0.1) is 0 Å². The van der Waals surface area contributed by atoms with Crippen LogP contribution in [-0.2, 0) is 22.8 Å². The molecule has 0 heterocycles. The highest BCUT2D eigenvalue weighted by Crippen LogP contribution is 2.64. The highest BCUT2D eigenvalue weighted by atomic mass is 31.3. The number of hydrogen-bond acceptors (Lipinski definition) is 9. The first kappa shape index (κ1) is 17.7. The first-order valence-electron chi connectivity index (χ1n) is 6.06. The van der Waals surface area contributed by atoms with E-state index in [1.54, 1.807) is 36.4 Å². The Morgan fingerprint density at radius 2 is 1.04 bits per heavy atom. The molecule has 9 nitrogen and oxygen atoms in total. The molecule has 2 rings (SSSR count). The fraction of sp³-hybridized carbons (Fsp3) is 0. The van der Waals surface area contributed by atoms with E-state index in [1.807, 2.05) is 0 Å². The van der Waals surface area contributed by atoms with Crippen LogP contribution >= 0.6 is 15.6 Å². The molecule has 2 aromatic carbocycles. The number of rotatable bonds is 8. The summed E-state index contributed by atoms with van der Waals surface area (Å²) < 4.78 is 45.7. The zero-order valence-electron chi connectivity index (χ0n) is 11.4. The third-order valence-corrected chi connectivity index (χ3v) is 5.19. The van der Waals surface area contributed by atoms with Crippen LogP contribution in [0.1, 0.15) is 0 Å². The van der Waals surface area contributed by atoms with Crippen LogP contribution in [0.25, 0.3) is 0 Å². The summed E-state index contributed by atoms with van der Waals surface area (Å²) in [6.07, 6.45) is 0. The van der Waals surface area contributed by atoms with E-state index in [1.165, 1.54) is 24.3 Å². The van der Waals surface area contributed by atoms with E-state index in [0.717, 1.165) is 0 Å². The van der Waals surface area contributed by atoms with Crippen LogP contribution in [0.4, 0.5) is 0 Å². The zero-order chi connectivity index (χ0) is 16.8. The second-order valence-electron chi connectivity index (χ2n) is 3.95. The topological polar surface area (TPSA) is 121 Å². The van der Waals surface area contributed by atoms with Gasteiger partial charge in [-0.05, 0) is 24.3 Å². The number of benzene rings is 2. The quantitative estimate of drug-likeness (QED) is 0.401. The molecule has 0 saturated heterocycles. The number of phosphoric acid groups is 2. The third-order valence-electron chi connectivity index (χ3n) is 2.32. The molecule has 0 radical (unpaired) electrons. The normalized spacial score (nSPS) is 11.9. The Hall–Kier alpha value is -1.70. The van der Waals surface area contributed by atoms with E-state index in [4.69, 9.17) is 19.6 Å². The Kier molecular flexibility index (Phi) is 5.92. The van der Waals surface area contributed by atoms with E-state index >= 15 is 0 Å². The molecule has 2 aromatic rings.